The van der Waals surface area contributed by atoms with E-state index in [0.29, 0.717) is 5.69 Å². The fourth-order valence-electron chi connectivity index (χ4n) is 2.63. The Morgan fingerprint density at radius 1 is 1.07 bits per heavy atom. The smallest absolute Gasteiger partial charge is 0.301 e. The lowest BCUT2D eigenvalue weighted by molar-refractivity contribution is 0.0949. The monoisotopic (exact) mass is 374 g/mol. The van der Waals surface area contributed by atoms with Gasteiger partial charge in [0.2, 0.25) is 0 Å². The highest BCUT2D eigenvalue weighted by Gasteiger charge is 2.12. The van der Waals surface area contributed by atoms with Crippen molar-refractivity contribution in [1.29, 1.82) is 0 Å². The van der Waals surface area contributed by atoms with Gasteiger partial charge in [-0.05, 0) is 22.6 Å². The zero-order chi connectivity index (χ0) is 20.1. The third kappa shape index (κ3) is 4.79. The van der Waals surface area contributed by atoms with Crippen LogP contribution >= 0.6 is 0 Å². The molecule has 0 bridgehead atoms. The number of aromatic nitrogens is 2. The Balaban J connectivity index is 1.72. The molecule has 3 rings (SSSR count). The van der Waals surface area contributed by atoms with E-state index in [1.807, 2.05) is 54.6 Å². The number of amides is 1. The molecular formula is C22H22N4O2. The zero-order valence-corrected chi connectivity index (χ0v) is 16.1. The molecule has 0 radical (unpaired) electrons. The summed E-state index contributed by atoms with van der Waals surface area (Å²) in [5.74, 6) is -0.515. The van der Waals surface area contributed by atoms with Crippen LogP contribution in [0.1, 0.15) is 42.4 Å². The lowest BCUT2D eigenvalue weighted by Crippen LogP contribution is -2.24. The lowest BCUT2D eigenvalue weighted by atomic mass is 9.87. The Bertz CT molecular complexity index is 1050. The summed E-state index contributed by atoms with van der Waals surface area (Å²) in [6.45, 7) is 6.44. The van der Waals surface area contributed by atoms with Crippen molar-refractivity contribution < 1.29 is 4.79 Å². The number of rotatable bonds is 4. The average Bonchev–Trinajstić information content (AvgIpc) is 2.68. The Morgan fingerprint density at radius 2 is 1.75 bits per heavy atom. The summed E-state index contributed by atoms with van der Waals surface area (Å²) >= 11 is 0. The summed E-state index contributed by atoms with van der Waals surface area (Å²) in [5, 5.41) is 3.97. The number of nitrogens with zero attached hydrogens (tertiary/aromatic N) is 2. The van der Waals surface area contributed by atoms with Gasteiger partial charge in [0, 0.05) is 5.56 Å². The summed E-state index contributed by atoms with van der Waals surface area (Å²) in [6, 6.07) is 18.7. The molecule has 0 fully saturated rings. The Hall–Kier alpha value is -3.54. The number of benzene rings is 2. The molecule has 0 aliphatic carbocycles. The summed E-state index contributed by atoms with van der Waals surface area (Å²) in [5.41, 5.74) is 5.28. The second-order valence-corrected chi connectivity index (χ2v) is 7.42. The molecule has 0 aliphatic heterocycles. The molecule has 3 aromatic rings. The molecule has 142 valence electrons. The molecule has 28 heavy (non-hydrogen) atoms. The SMILES string of the molecule is CC(C)(C)c1ccc(/C=N/NC(=O)c2cc(-c3ccccc3)nc(=O)[nH]2)cc1. The topological polar surface area (TPSA) is 87.2 Å². The van der Waals surface area contributed by atoms with Crippen LogP contribution in [0.2, 0.25) is 0 Å². The molecule has 0 unspecified atom stereocenters. The molecule has 0 atom stereocenters. The van der Waals surface area contributed by atoms with Crippen molar-refractivity contribution in [2.45, 2.75) is 26.2 Å². The van der Waals surface area contributed by atoms with Crippen LogP contribution in [-0.2, 0) is 5.41 Å². The second kappa shape index (κ2) is 8.00. The zero-order valence-electron chi connectivity index (χ0n) is 16.1. The maximum absolute atomic E-state index is 12.3. The van der Waals surface area contributed by atoms with Crippen LogP contribution in [-0.4, -0.2) is 22.1 Å². The first kappa shape index (κ1) is 19.2. The average molecular weight is 374 g/mol. The highest BCUT2D eigenvalue weighted by Crippen LogP contribution is 2.21. The normalized spacial score (nSPS) is 11.5. The van der Waals surface area contributed by atoms with Gasteiger partial charge in [-0.1, -0.05) is 75.4 Å². The van der Waals surface area contributed by atoms with E-state index < -0.39 is 11.6 Å². The van der Waals surface area contributed by atoms with Crippen LogP contribution in [0, 0.1) is 0 Å². The first-order valence-electron chi connectivity index (χ1n) is 8.94. The molecule has 0 saturated heterocycles. The molecular weight excluding hydrogens is 352 g/mol. The molecule has 1 heterocycles. The molecule has 6 nitrogen and oxygen atoms in total. The van der Waals surface area contributed by atoms with Crippen molar-refractivity contribution in [3.63, 3.8) is 0 Å². The fraction of sp³-hybridized carbons (Fsp3) is 0.182. The highest BCUT2D eigenvalue weighted by molar-refractivity contribution is 5.93. The van der Waals surface area contributed by atoms with Crippen LogP contribution in [0.5, 0.6) is 0 Å². The summed E-state index contributed by atoms with van der Waals surface area (Å²) in [6.07, 6.45) is 1.56. The summed E-state index contributed by atoms with van der Waals surface area (Å²) < 4.78 is 0. The van der Waals surface area contributed by atoms with Crippen molar-refractivity contribution in [1.82, 2.24) is 15.4 Å². The number of H-pyrrole nitrogens is 1. The van der Waals surface area contributed by atoms with E-state index in [2.05, 4.69) is 41.3 Å². The third-order valence-corrected chi connectivity index (χ3v) is 4.22. The predicted octanol–water partition coefficient (Wildman–Crippen LogP) is 3.50. The van der Waals surface area contributed by atoms with Gasteiger partial charge in [-0.25, -0.2) is 10.2 Å². The summed E-state index contributed by atoms with van der Waals surface area (Å²) in [7, 11) is 0. The number of carbonyl (C=O) groups excluding carboxylic acids is 1. The van der Waals surface area contributed by atoms with Gasteiger partial charge in [0.15, 0.2) is 0 Å². The largest absolute Gasteiger partial charge is 0.346 e. The second-order valence-electron chi connectivity index (χ2n) is 7.42. The van der Waals surface area contributed by atoms with Crippen molar-refractivity contribution in [3.05, 3.63) is 88.0 Å². The quantitative estimate of drug-likeness (QED) is 0.541. The van der Waals surface area contributed by atoms with Gasteiger partial charge in [-0.15, -0.1) is 0 Å². The first-order valence-corrected chi connectivity index (χ1v) is 8.94. The van der Waals surface area contributed by atoms with Crippen molar-refractivity contribution >= 4 is 12.1 Å². The number of hydrogen-bond acceptors (Lipinski definition) is 4. The van der Waals surface area contributed by atoms with E-state index in [1.54, 1.807) is 6.21 Å². The fourth-order valence-corrected chi connectivity index (χ4v) is 2.63. The molecule has 2 N–H and O–H groups in total. The Morgan fingerprint density at radius 3 is 2.39 bits per heavy atom. The number of carbonyl (C=O) groups is 1. The molecule has 0 aliphatic rings. The maximum Gasteiger partial charge on any atom is 0.346 e. The van der Waals surface area contributed by atoms with Gasteiger partial charge in [0.05, 0.1) is 11.9 Å². The van der Waals surface area contributed by atoms with E-state index in [9.17, 15) is 9.59 Å². The molecule has 0 spiro atoms. The minimum absolute atomic E-state index is 0.0770. The van der Waals surface area contributed by atoms with Crippen LogP contribution in [0.25, 0.3) is 11.3 Å². The molecule has 2 aromatic carbocycles. The third-order valence-electron chi connectivity index (χ3n) is 4.22. The van der Waals surface area contributed by atoms with Crippen LogP contribution in [0.15, 0.2) is 70.6 Å². The first-order chi connectivity index (χ1) is 13.3. The number of hydrazone groups is 1. The highest BCUT2D eigenvalue weighted by atomic mass is 16.2. The van der Waals surface area contributed by atoms with Crippen LogP contribution in [0.4, 0.5) is 0 Å². The standard InChI is InChI=1S/C22H22N4O2/c1-22(2,3)17-11-9-15(10-12-17)14-23-26-20(27)19-13-18(24-21(28)25-19)16-7-5-4-6-8-16/h4-14H,1-3H3,(H,26,27)(H,24,25,28)/b23-14+. The minimum atomic E-state index is -0.590. The Kier molecular flexibility index (Phi) is 5.49. The van der Waals surface area contributed by atoms with Gasteiger partial charge < -0.3 is 4.98 Å². The van der Waals surface area contributed by atoms with Gasteiger partial charge >= 0.3 is 5.69 Å². The van der Waals surface area contributed by atoms with Crippen LogP contribution < -0.4 is 11.1 Å². The van der Waals surface area contributed by atoms with Gasteiger partial charge in [0.25, 0.3) is 5.91 Å². The summed E-state index contributed by atoms with van der Waals surface area (Å²) in [4.78, 5) is 30.5. The minimum Gasteiger partial charge on any atom is -0.301 e. The maximum atomic E-state index is 12.3. The van der Waals surface area contributed by atoms with Crippen molar-refractivity contribution in [3.8, 4) is 11.3 Å². The van der Waals surface area contributed by atoms with Gasteiger partial charge in [-0.3, -0.25) is 4.79 Å². The van der Waals surface area contributed by atoms with Gasteiger partial charge in [-0.2, -0.15) is 10.1 Å². The van der Waals surface area contributed by atoms with E-state index in [0.717, 1.165) is 11.1 Å². The Labute approximate surface area is 163 Å². The van der Waals surface area contributed by atoms with E-state index in [1.165, 1.54) is 11.6 Å². The number of nitrogens with one attached hydrogen (secondary N) is 2. The van der Waals surface area contributed by atoms with E-state index in [4.69, 9.17) is 0 Å². The number of hydrogen-bond donors (Lipinski definition) is 2. The van der Waals surface area contributed by atoms with Crippen molar-refractivity contribution in [2.75, 3.05) is 0 Å². The van der Waals surface area contributed by atoms with E-state index >= 15 is 0 Å². The van der Waals surface area contributed by atoms with E-state index in [-0.39, 0.29) is 11.1 Å². The lowest BCUT2D eigenvalue weighted by Gasteiger charge is -2.18. The molecule has 6 heteroatoms. The van der Waals surface area contributed by atoms with Crippen LogP contribution in [0.3, 0.4) is 0 Å². The number of aromatic amines is 1. The van der Waals surface area contributed by atoms with Gasteiger partial charge in [0.1, 0.15) is 5.69 Å². The molecule has 1 amide bonds. The van der Waals surface area contributed by atoms with Crippen molar-refractivity contribution in [2.24, 2.45) is 5.10 Å². The molecule has 1 aromatic heterocycles. The molecule has 0 saturated carbocycles. The predicted molar refractivity (Wildman–Crippen MR) is 110 cm³/mol.